The smallest absolute Gasteiger partial charge is 0.195 e. The molecule has 0 aromatic heterocycles. The number of fused-ring (bicyclic) bond motifs is 1. The zero-order valence-corrected chi connectivity index (χ0v) is 15.7. The molecule has 0 atom stereocenters. The average Bonchev–Trinajstić information content (AvgIpc) is 2.72. The normalized spacial score (nSPS) is 19.9. The molecule has 0 nitrogen and oxygen atoms in total. The Hall–Kier alpha value is -2.36. The number of hydrogen-bond acceptors (Lipinski definition) is 0. The van der Waals surface area contributed by atoms with Crippen LogP contribution in [0.3, 0.4) is 0 Å². The molecule has 0 amide bonds. The molecular weight excluding hydrogens is 364 g/mol. The van der Waals surface area contributed by atoms with E-state index in [1.807, 2.05) is 19.1 Å². The maximum atomic E-state index is 14.4. The van der Waals surface area contributed by atoms with E-state index in [9.17, 15) is 17.6 Å². The van der Waals surface area contributed by atoms with E-state index in [0.717, 1.165) is 54.9 Å². The van der Waals surface area contributed by atoms with E-state index in [-0.39, 0.29) is 23.0 Å². The number of aryl methyl sites for hydroxylation is 1. The van der Waals surface area contributed by atoms with Crippen LogP contribution in [-0.2, 0) is 6.42 Å². The zero-order valence-electron chi connectivity index (χ0n) is 15.7. The molecule has 1 aliphatic rings. The van der Waals surface area contributed by atoms with Crippen LogP contribution in [0.15, 0.2) is 42.5 Å². The first kappa shape index (κ1) is 19.0. The molecule has 1 aliphatic carbocycles. The van der Waals surface area contributed by atoms with Crippen LogP contribution in [0.2, 0.25) is 0 Å². The van der Waals surface area contributed by atoms with E-state index in [0.29, 0.717) is 5.39 Å². The third-order valence-electron chi connectivity index (χ3n) is 6.11. The van der Waals surface area contributed by atoms with Crippen molar-refractivity contribution in [1.29, 1.82) is 0 Å². The molecule has 1 fully saturated rings. The first-order chi connectivity index (χ1) is 13.5. The summed E-state index contributed by atoms with van der Waals surface area (Å²) in [6.07, 6.45) is 4.33. The van der Waals surface area contributed by atoms with Gasteiger partial charge in [0.1, 0.15) is 5.82 Å². The minimum atomic E-state index is -1.43. The molecular formula is C24H22F4. The molecule has 146 valence electrons. The summed E-state index contributed by atoms with van der Waals surface area (Å²) in [5.41, 5.74) is 2.79. The average molecular weight is 386 g/mol. The van der Waals surface area contributed by atoms with Gasteiger partial charge in [-0.1, -0.05) is 37.3 Å². The molecule has 0 aliphatic heterocycles. The number of rotatable bonds is 3. The van der Waals surface area contributed by atoms with Crippen molar-refractivity contribution in [3.05, 3.63) is 82.4 Å². The van der Waals surface area contributed by atoms with Crippen LogP contribution in [-0.4, -0.2) is 0 Å². The zero-order chi connectivity index (χ0) is 19.8. The van der Waals surface area contributed by atoms with Gasteiger partial charge in [-0.05, 0) is 78.1 Å². The van der Waals surface area contributed by atoms with E-state index in [1.165, 1.54) is 6.07 Å². The highest BCUT2D eigenvalue weighted by Crippen LogP contribution is 2.42. The third kappa shape index (κ3) is 3.41. The maximum Gasteiger partial charge on any atom is 0.195 e. The molecule has 0 N–H and O–H groups in total. The summed E-state index contributed by atoms with van der Waals surface area (Å²) in [7, 11) is 0. The van der Waals surface area contributed by atoms with Crippen molar-refractivity contribution in [3.63, 3.8) is 0 Å². The van der Waals surface area contributed by atoms with Crippen molar-refractivity contribution in [2.75, 3.05) is 0 Å². The van der Waals surface area contributed by atoms with E-state index in [2.05, 4.69) is 0 Å². The first-order valence-electron chi connectivity index (χ1n) is 9.83. The summed E-state index contributed by atoms with van der Waals surface area (Å²) in [5.74, 6) is -3.41. The lowest BCUT2D eigenvalue weighted by Crippen LogP contribution is -2.13. The van der Waals surface area contributed by atoms with Gasteiger partial charge < -0.3 is 0 Å². The van der Waals surface area contributed by atoms with Gasteiger partial charge in [0.25, 0.3) is 0 Å². The topological polar surface area (TPSA) is 0 Å². The Balaban J connectivity index is 1.53. The molecule has 0 radical (unpaired) electrons. The van der Waals surface area contributed by atoms with E-state index >= 15 is 0 Å². The second-order valence-electron chi connectivity index (χ2n) is 7.72. The summed E-state index contributed by atoms with van der Waals surface area (Å²) in [4.78, 5) is 0. The van der Waals surface area contributed by atoms with Crippen LogP contribution in [0.5, 0.6) is 0 Å². The molecule has 0 unspecified atom stereocenters. The molecule has 3 aromatic carbocycles. The van der Waals surface area contributed by atoms with E-state index < -0.39 is 17.5 Å². The second-order valence-corrected chi connectivity index (χ2v) is 7.72. The standard InChI is InChI=1S/C24H22F4/c1-2-14-3-9-19(21(25)11-14)16-6-4-15(5-7-16)17-8-10-20-18(12-17)13-22(26)24(28)23(20)27/h3,8-13,15-16H,2,4-7H2,1H3. The quantitative estimate of drug-likeness (QED) is 0.325. The second kappa shape index (κ2) is 7.57. The largest absolute Gasteiger partial charge is 0.207 e. The first-order valence-corrected chi connectivity index (χ1v) is 9.83. The van der Waals surface area contributed by atoms with Crippen molar-refractivity contribution in [3.8, 4) is 0 Å². The Morgan fingerprint density at radius 2 is 1.46 bits per heavy atom. The fourth-order valence-electron chi connectivity index (χ4n) is 4.44. The van der Waals surface area contributed by atoms with E-state index in [1.54, 1.807) is 18.2 Å². The van der Waals surface area contributed by atoms with Gasteiger partial charge >= 0.3 is 0 Å². The van der Waals surface area contributed by atoms with Crippen molar-refractivity contribution in [2.24, 2.45) is 0 Å². The number of hydrogen-bond donors (Lipinski definition) is 0. The maximum absolute atomic E-state index is 14.4. The van der Waals surface area contributed by atoms with Gasteiger partial charge in [-0.2, -0.15) is 0 Å². The molecule has 4 heteroatoms. The van der Waals surface area contributed by atoms with Crippen molar-refractivity contribution in [1.82, 2.24) is 0 Å². The highest BCUT2D eigenvalue weighted by atomic mass is 19.2. The van der Waals surface area contributed by atoms with E-state index in [4.69, 9.17) is 0 Å². The molecule has 0 saturated heterocycles. The molecule has 0 spiro atoms. The molecule has 1 saturated carbocycles. The Labute approximate surface area is 162 Å². The minimum absolute atomic E-state index is 0.0921. The monoisotopic (exact) mass is 386 g/mol. The Kier molecular flexibility index (Phi) is 5.13. The van der Waals surface area contributed by atoms with Crippen LogP contribution in [0.1, 0.15) is 61.1 Å². The molecule has 3 aromatic rings. The minimum Gasteiger partial charge on any atom is -0.207 e. The SMILES string of the molecule is CCc1ccc(C2CCC(c3ccc4c(F)c(F)c(F)cc4c3)CC2)c(F)c1. The van der Waals surface area contributed by atoms with Gasteiger partial charge in [0.15, 0.2) is 17.5 Å². The Morgan fingerprint density at radius 1 is 0.750 bits per heavy atom. The number of halogens is 4. The lowest BCUT2D eigenvalue weighted by atomic mass is 9.75. The fourth-order valence-corrected chi connectivity index (χ4v) is 4.44. The van der Waals surface area contributed by atoms with Crippen molar-refractivity contribution < 1.29 is 17.6 Å². The van der Waals surface area contributed by atoms with Crippen molar-refractivity contribution >= 4 is 10.8 Å². The summed E-state index contributed by atoms with van der Waals surface area (Å²) in [6.45, 7) is 2.01. The van der Waals surface area contributed by atoms with Crippen LogP contribution >= 0.6 is 0 Å². The highest BCUT2D eigenvalue weighted by Gasteiger charge is 2.26. The summed E-state index contributed by atoms with van der Waals surface area (Å²) < 4.78 is 55.3. The lowest BCUT2D eigenvalue weighted by molar-refractivity contribution is 0.387. The van der Waals surface area contributed by atoms with Gasteiger partial charge in [0.2, 0.25) is 0 Å². The van der Waals surface area contributed by atoms with Gasteiger partial charge in [-0.25, -0.2) is 17.6 Å². The Bertz CT molecular complexity index is 1020. The van der Waals surface area contributed by atoms with Crippen LogP contribution < -0.4 is 0 Å². The summed E-state index contributed by atoms with van der Waals surface area (Å²) in [5, 5.41) is 0.464. The molecule has 4 rings (SSSR count). The predicted molar refractivity (Wildman–Crippen MR) is 104 cm³/mol. The van der Waals surface area contributed by atoms with Gasteiger partial charge in [-0.3, -0.25) is 0 Å². The Morgan fingerprint density at radius 3 is 2.14 bits per heavy atom. The van der Waals surface area contributed by atoms with Crippen LogP contribution in [0, 0.1) is 23.3 Å². The van der Waals surface area contributed by atoms with Gasteiger partial charge in [0.05, 0.1) is 0 Å². The number of benzene rings is 3. The summed E-state index contributed by atoms with van der Waals surface area (Å²) >= 11 is 0. The van der Waals surface area contributed by atoms with Crippen LogP contribution in [0.25, 0.3) is 10.8 Å². The predicted octanol–water partition coefficient (Wildman–Crippen LogP) is 7.40. The fraction of sp³-hybridized carbons (Fsp3) is 0.333. The van der Waals surface area contributed by atoms with Crippen LogP contribution in [0.4, 0.5) is 17.6 Å². The highest BCUT2D eigenvalue weighted by molar-refractivity contribution is 5.84. The van der Waals surface area contributed by atoms with Gasteiger partial charge in [-0.15, -0.1) is 0 Å². The third-order valence-corrected chi connectivity index (χ3v) is 6.11. The molecule has 0 bridgehead atoms. The molecule has 0 heterocycles. The lowest BCUT2D eigenvalue weighted by Gasteiger charge is -2.29. The summed E-state index contributed by atoms with van der Waals surface area (Å²) in [6, 6.07) is 11.7. The molecule has 28 heavy (non-hydrogen) atoms. The van der Waals surface area contributed by atoms with Gasteiger partial charge in [0, 0.05) is 5.39 Å². The van der Waals surface area contributed by atoms with Crippen molar-refractivity contribution in [2.45, 2.75) is 50.9 Å².